The molecule has 32 heavy (non-hydrogen) atoms. The lowest BCUT2D eigenvalue weighted by Gasteiger charge is -2.37. The molecule has 180 valence electrons. The SMILES string of the molecule is CCCC(=O)OCC(O)CN1CCOC(CN(CC(C)C)C(=O)c2ccc(OC)cc2)C1. The van der Waals surface area contributed by atoms with Gasteiger partial charge in [0.2, 0.25) is 0 Å². The van der Waals surface area contributed by atoms with Crippen LogP contribution in [0.25, 0.3) is 0 Å². The number of hydrogen-bond acceptors (Lipinski definition) is 7. The molecule has 2 atom stereocenters. The summed E-state index contributed by atoms with van der Waals surface area (Å²) in [4.78, 5) is 28.6. The molecule has 0 aromatic heterocycles. The Hall–Kier alpha value is -2.16. The van der Waals surface area contributed by atoms with Crippen LogP contribution < -0.4 is 4.74 Å². The zero-order valence-electron chi connectivity index (χ0n) is 19.8. The zero-order valence-corrected chi connectivity index (χ0v) is 19.8. The second-order valence-electron chi connectivity index (χ2n) is 8.67. The number of morpholine rings is 1. The topological polar surface area (TPSA) is 88.5 Å². The number of carbonyl (C=O) groups is 2. The molecule has 0 spiro atoms. The van der Waals surface area contributed by atoms with Crippen LogP contribution in [0.4, 0.5) is 0 Å². The van der Waals surface area contributed by atoms with Crippen molar-refractivity contribution in [2.45, 2.75) is 45.8 Å². The molecular weight excluding hydrogens is 412 g/mol. The normalized spacial score (nSPS) is 17.8. The molecule has 0 saturated carbocycles. The molecule has 2 rings (SSSR count). The Kier molecular flexibility index (Phi) is 10.9. The maximum absolute atomic E-state index is 13.1. The Morgan fingerprint density at radius 3 is 2.62 bits per heavy atom. The molecule has 8 nitrogen and oxygen atoms in total. The first-order valence-corrected chi connectivity index (χ1v) is 11.4. The van der Waals surface area contributed by atoms with Crippen LogP contribution in [0.3, 0.4) is 0 Å². The van der Waals surface area contributed by atoms with Crippen molar-refractivity contribution in [1.82, 2.24) is 9.80 Å². The summed E-state index contributed by atoms with van der Waals surface area (Å²) >= 11 is 0. The van der Waals surface area contributed by atoms with Crippen molar-refractivity contribution in [3.05, 3.63) is 29.8 Å². The average molecular weight is 451 g/mol. The fraction of sp³-hybridized carbons (Fsp3) is 0.667. The summed E-state index contributed by atoms with van der Waals surface area (Å²) in [5, 5.41) is 10.3. The third kappa shape index (κ3) is 8.76. The summed E-state index contributed by atoms with van der Waals surface area (Å²) in [5.74, 6) is 0.705. The number of benzene rings is 1. The fourth-order valence-corrected chi connectivity index (χ4v) is 3.72. The van der Waals surface area contributed by atoms with Crippen LogP contribution in [0.2, 0.25) is 0 Å². The van der Waals surface area contributed by atoms with Crippen molar-refractivity contribution in [2.75, 3.05) is 53.0 Å². The number of rotatable bonds is 12. The predicted molar refractivity (Wildman–Crippen MR) is 122 cm³/mol. The molecule has 1 aliphatic rings. The van der Waals surface area contributed by atoms with Crippen molar-refractivity contribution in [1.29, 1.82) is 0 Å². The van der Waals surface area contributed by atoms with Crippen molar-refractivity contribution >= 4 is 11.9 Å². The first-order valence-electron chi connectivity index (χ1n) is 11.4. The molecule has 1 heterocycles. The van der Waals surface area contributed by atoms with Crippen LogP contribution in [-0.2, 0) is 14.3 Å². The smallest absolute Gasteiger partial charge is 0.305 e. The lowest BCUT2D eigenvalue weighted by atomic mass is 10.1. The Morgan fingerprint density at radius 1 is 1.28 bits per heavy atom. The quantitative estimate of drug-likeness (QED) is 0.489. The van der Waals surface area contributed by atoms with Crippen molar-refractivity contribution in [3.8, 4) is 5.75 Å². The van der Waals surface area contributed by atoms with Gasteiger partial charge in [0.1, 0.15) is 18.5 Å². The van der Waals surface area contributed by atoms with Crippen LogP contribution in [0, 0.1) is 5.92 Å². The molecule has 1 saturated heterocycles. The number of hydrogen-bond donors (Lipinski definition) is 1. The van der Waals surface area contributed by atoms with E-state index < -0.39 is 6.10 Å². The first-order chi connectivity index (χ1) is 15.3. The lowest BCUT2D eigenvalue weighted by molar-refractivity contribution is -0.147. The molecule has 0 aliphatic carbocycles. The highest BCUT2D eigenvalue weighted by molar-refractivity contribution is 5.94. The van der Waals surface area contributed by atoms with Gasteiger partial charge in [-0.2, -0.15) is 0 Å². The van der Waals surface area contributed by atoms with E-state index in [4.69, 9.17) is 14.2 Å². The summed E-state index contributed by atoms with van der Waals surface area (Å²) < 4.78 is 16.2. The summed E-state index contributed by atoms with van der Waals surface area (Å²) in [7, 11) is 1.60. The van der Waals surface area contributed by atoms with Crippen LogP contribution >= 0.6 is 0 Å². The Balaban J connectivity index is 1.92. The number of aliphatic hydroxyl groups is 1. The number of ether oxygens (including phenoxy) is 3. The molecule has 1 aromatic rings. The van der Waals surface area contributed by atoms with Gasteiger partial charge < -0.3 is 24.2 Å². The van der Waals surface area contributed by atoms with E-state index in [0.29, 0.717) is 63.0 Å². The summed E-state index contributed by atoms with van der Waals surface area (Å²) in [6, 6.07) is 7.13. The number of esters is 1. The third-order valence-corrected chi connectivity index (χ3v) is 5.22. The van der Waals surface area contributed by atoms with Crippen molar-refractivity contribution < 1.29 is 28.9 Å². The highest BCUT2D eigenvalue weighted by Gasteiger charge is 2.27. The Labute approximate surface area is 191 Å². The van der Waals surface area contributed by atoms with E-state index in [2.05, 4.69) is 18.7 Å². The van der Waals surface area contributed by atoms with Gasteiger partial charge in [-0.25, -0.2) is 0 Å². The second kappa shape index (κ2) is 13.4. The van der Waals surface area contributed by atoms with E-state index in [0.717, 1.165) is 6.42 Å². The number of aliphatic hydroxyl groups excluding tert-OH is 1. The average Bonchev–Trinajstić information content (AvgIpc) is 2.77. The van der Waals surface area contributed by atoms with Gasteiger partial charge in [0.25, 0.3) is 5.91 Å². The van der Waals surface area contributed by atoms with Gasteiger partial charge >= 0.3 is 5.97 Å². The lowest BCUT2D eigenvalue weighted by Crippen LogP contribution is -2.51. The number of β-amino-alcohol motifs (C(OH)–C–C–N with tert-alkyl or cyclic N) is 1. The van der Waals surface area contributed by atoms with E-state index in [9.17, 15) is 14.7 Å². The van der Waals surface area contributed by atoms with E-state index in [1.807, 2.05) is 11.8 Å². The summed E-state index contributed by atoms with van der Waals surface area (Å²) in [5.41, 5.74) is 0.614. The largest absolute Gasteiger partial charge is 0.497 e. The molecule has 1 amide bonds. The third-order valence-electron chi connectivity index (χ3n) is 5.22. The minimum Gasteiger partial charge on any atom is -0.497 e. The van der Waals surface area contributed by atoms with Gasteiger partial charge in [-0.3, -0.25) is 14.5 Å². The second-order valence-corrected chi connectivity index (χ2v) is 8.67. The minimum atomic E-state index is -0.748. The van der Waals surface area contributed by atoms with Gasteiger partial charge in [0.05, 0.1) is 19.8 Å². The highest BCUT2D eigenvalue weighted by Crippen LogP contribution is 2.16. The summed E-state index contributed by atoms with van der Waals surface area (Å²) in [6.45, 7) is 9.38. The van der Waals surface area contributed by atoms with Crippen molar-refractivity contribution in [3.63, 3.8) is 0 Å². The molecule has 2 unspecified atom stereocenters. The number of nitrogens with zero attached hydrogens (tertiary/aromatic N) is 2. The molecule has 1 aliphatic heterocycles. The van der Waals surface area contributed by atoms with Crippen molar-refractivity contribution in [2.24, 2.45) is 5.92 Å². The van der Waals surface area contributed by atoms with E-state index in [-0.39, 0.29) is 24.6 Å². The van der Waals surface area contributed by atoms with Gasteiger partial charge in [0, 0.05) is 44.7 Å². The maximum Gasteiger partial charge on any atom is 0.305 e. The molecule has 8 heteroatoms. The van der Waals surface area contributed by atoms with E-state index in [1.54, 1.807) is 31.4 Å². The van der Waals surface area contributed by atoms with E-state index >= 15 is 0 Å². The molecule has 1 N–H and O–H groups in total. The highest BCUT2D eigenvalue weighted by atomic mass is 16.5. The number of carbonyl (C=O) groups excluding carboxylic acids is 2. The van der Waals surface area contributed by atoms with Crippen LogP contribution in [0.1, 0.15) is 44.0 Å². The minimum absolute atomic E-state index is 0.00368. The van der Waals surface area contributed by atoms with Crippen LogP contribution in [0.15, 0.2) is 24.3 Å². The van der Waals surface area contributed by atoms with Crippen LogP contribution in [-0.4, -0.2) is 92.0 Å². The van der Waals surface area contributed by atoms with Gasteiger partial charge in [-0.15, -0.1) is 0 Å². The molecule has 0 bridgehead atoms. The molecule has 0 radical (unpaired) electrons. The van der Waals surface area contributed by atoms with Gasteiger partial charge in [0.15, 0.2) is 0 Å². The predicted octanol–water partition coefficient (Wildman–Crippen LogP) is 2.20. The Morgan fingerprint density at radius 2 is 2.00 bits per heavy atom. The van der Waals surface area contributed by atoms with E-state index in [1.165, 1.54) is 0 Å². The number of methoxy groups -OCH3 is 1. The zero-order chi connectivity index (χ0) is 23.5. The van der Waals surface area contributed by atoms with Crippen LogP contribution in [0.5, 0.6) is 5.75 Å². The summed E-state index contributed by atoms with van der Waals surface area (Å²) in [6.07, 6.45) is 0.185. The van der Waals surface area contributed by atoms with Gasteiger partial charge in [-0.05, 0) is 36.6 Å². The monoisotopic (exact) mass is 450 g/mol. The Bertz CT molecular complexity index is 709. The maximum atomic E-state index is 13.1. The van der Waals surface area contributed by atoms with Gasteiger partial charge in [-0.1, -0.05) is 20.8 Å². The molecule has 1 fully saturated rings. The first kappa shape index (κ1) is 26.1. The fourth-order valence-electron chi connectivity index (χ4n) is 3.72. The molecule has 1 aromatic carbocycles. The molecular formula is C24H38N2O6. The number of amides is 1. The standard InChI is InChI=1S/C24H38N2O6/c1-5-6-23(28)32-17-20(27)14-25-11-12-31-22(15-25)16-26(13-18(2)3)24(29)19-7-9-21(30-4)10-8-19/h7-10,18,20,22,27H,5-6,11-17H2,1-4H3.